The Kier molecular flexibility index (Phi) is 7.02. The van der Waals surface area contributed by atoms with E-state index in [9.17, 15) is 5.11 Å². The van der Waals surface area contributed by atoms with Crippen LogP contribution >= 0.6 is 0 Å². The maximum Gasteiger partial charge on any atom is 0.0956 e. The maximum atomic E-state index is 10.2. The SMILES string of the molecule is CCCCCCCCC(O)c1cc(C)nn1CC. The minimum atomic E-state index is -0.350. The fourth-order valence-corrected chi connectivity index (χ4v) is 2.35. The van der Waals surface area contributed by atoms with Gasteiger partial charge in [0.1, 0.15) is 0 Å². The van der Waals surface area contributed by atoms with Crippen molar-refractivity contribution in [1.29, 1.82) is 0 Å². The van der Waals surface area contributed by atoms with Gasteiger partial charge in [-0.3, -0.25) is 4.68 Å². The van der Waals surface area contributed by atoms with Gasteiger partial charge in [-0.25, -0.2) is 0 Å². The van der Waals surface area contributed by atoms with Crippen LogP contribution in [0.4, 0.5) is 0 Å². The molecule has 0 aliphatic heterocycles. The zero-order valence-electron chi connectivity index (χ0n) is 12.2. The first kappa shape index (κ1) is 15.2. The summed E-state index contributed by atoms with van der Waals surface area (Å²) in [6.45, 7) is 7.11. The van der Waals surface area contributed by atoms with Crippen molar-refractivity contribution in [2.24, 2.45) is 0 Å². The summed E-state index contributed by atoms with van der Waals surface area (Å²) in [5.41, 5.74) is 1.97. The predicted octanol–water partition coefficient (Wildman–Crippen LogP) is 4.00. The van der Waals surface area contributed by atoms with Crippen molar-refractivity contribution >= 4 is 0 Å². The van der Waals surface area contributed by atoms with E-state index in [2.05, 4.69) is 18.9 Å². The van der Waals surface area contributed by atoms with Gasteiger partial charge in [0, 0.05) is 6.54 Å². The summed E-state index contributed by atoms with van der Waals surface area (Å²) in [4.78, 5) is 0. The number of aryl methyl sites for hydroxylation is 2. The van der Waals surface area contributed by atoms with E-state index in [1.54, 1.807) is 0 Å². The molecule has 3 heteroatoms. The van der Waals surface area contributed by atoms with E-state index >= 15 is 0 Å². The first-order valence-corrected chi connectivity index (χ1v) is 7.41. The number of nitrogens with zero attached hydrogens (tertiary/aromatic N) is 2. The van der Waals surface area contributed by atoms with E-state index in [4.69, 9.17) is 0 Å². The largest absolute Gasteiger partial charge is 0.387 e. The van der Waals surface area contributed by atoms with E-state index < -0.39 is 0 Å². The zero-order valence-corrected chi connectivity index (χ0v) is 12.2. The number of aliphatic hydroxyl groups is 1. The van der Waals surface area contributed by atoms with Crippen molar-refractivity contribution in [2.45, 2.75) is 78.4 Å². The van der Waals surface area contributed by atoms with Gasteiger partial charge in [0.15, 0.2) is 0 Å². The first-order chi connectivity index (χ1) is 8.69. The second kappa shape index (κ2) is 8.30. The molecule has 1 atom stereocenters. The molecule has 1 aromatic rings. The number of aromatic nitrogens is 2. The smallest absolute Gasteiger partial charge is 0.0956 e. The molecule has 0 saturated carbocycles. The highest BCUT2D eigenvalue weighted by Gasteiger charge is 2.13. The normalized spacial score (nSPS) is 12.9. The van der Waals surface area contributed by atoms with Crippen LogP contribution in [0.25, 0.3) is 0 Å². The van der Waals surface area contributed by atoms with Crippen LogP contribution in [0.15, 0.2) is 6.07 Å². The van der Waals surface area contributed by atoms with Crippen molar-refractivity contribution in [2.75, 3.05) is 0 Å². The fraction of sp³-hybridized carbons (Fsp3) is 0.800. The molecular weight excluding hydrogens is 224 g/mol. The predicted molar refractivity (Wildman–Crippen MR) is 75.6 cm³/mol. The van der Waals surface area contributed by atoms with Crippen molar-refractivity contribution < 1.29 is 5.11 Å². The molecule has 104 valence electrons. The quantitative estimate of drug-likeness (QED) is 0.675. The molecule has 1 heterocycles. The number of hydrogen-bond donors (Lipinski definition) is 1. The molecule has 0 bridgehead atoms. The molecule has 0 aliphatic rings. The number of aliphatic hydroxyl groups excluding tert-OH is 1. The van der Waals surface area contributed by atoms with E-state index in [1.807, 2.05) is 17.7 Å². The molecule has 0 spiro atoms. The Morgan fingerprint density at radius 1 is 1.17 bits per heavy atom. The van der Waals surface area contributed by atoms with Gasteiger partial charge in [0.05, 0.1) is 17.5 Å². The Bertz CT molecular complexity index is 333. The van der Waals surface area contributed by atoms with Crippen molar-refractivity contribution in [3.63, 3.8) is 0 Å². The monoisotopic (exact) mass is 252 g/mol. The van der Waals surface area contributed by atoms with Crippen LogP contribution in [0.5, 0.6) is 0 Å². The first-order valence-electron chi connectivity index (χ1n) is 7.41. The average Bonchev–Trinajstić information content (AvgIpc) is 2.74. The van der Waals surface area contributed by atoms with Crippen LogP contribution in [-0.2, 0) is 6.54 Å². The lowest BCUT2D eigenvalue weighted by atomic mass is 10.1. The van der Waals surface area contributed by atoms with Crippen LogP contribution in [0.2, 0.25) is 0 Å². The third kappa shape index (κ3) is 4.81. The van der Waals surface area contributed by atoms with Gasteiger partial charge in [0.25, 0.3) is 0 Å². The lowest BCUT2D eigenvalue weighted by molar-refractivity contribution is 0.152. The van der Waals surface area contributed by atoms with Crippen molar-refractivity contribution in [3.8, 4) is 0 Å². The lowest BCUT2D eigenvalue weighted by Gasteiger charge is -2.12. The number of hydrogen-bond acceptors (Lipinski definition) is 2. The topological polar surface area (TPSA) is 38.1 Å². The standard InChI is InChI=1S/C15H28N2O/c1-4-6-7-8-9-10-11-15(18)14-12-13(3)16-17(14)5-2/h12,15,18H,4-11H2,1-3H3. The Hall–Kier alpha value is -0.830. The number of rotatable bonds is 9. The van der Waals surface area contributed by atoms with Gasteiger partial charge in [-0.15, -0.1) is 0 Å². The third-order valence-corrected chi connectivity index (χ3v) is 3.41. The highest BCUT2D eigenvalue weighted by molar-refractivity contribution is 5.11. The minimum Gasteiger partial charge on any atom is -0.387 e. The van der Waals surface area contributed by atoms with Crippen molar-refractivity contribution in [3.05, 3.63) is 17.5 Å². The zero-order chi connectivity index (χ0) is 13.4. The molecular formula is C15H28N2O. The Balaban J connectivity index is 2.29. The Morgan fingerprint density at radius 2 is 1.83 bits per heavy atom. The highest BCUT2D eigenvalue weighted by atomic mass is 16.3. The summed E-state index contributed by atoms with van der Waals surface area (Å²) < 4.78 is 1.91. The van der Waals surface area contributed by atoms with Gasteiger partial charge < -0.3 is 5.11 Å². The Morgan fingerprint density at radius 3 is 2.50 bits per heavy atom. The second-order valence-electron chi connectivity index (χ2n) is 5.10. The van der Waals surface area contributed by atoms with Gasteiger partial charge in [-0.05, 0) is 26.3 Å². The summed E-state index contributed by atoms with van der Waals surface area (Å²) in [6, 6.07) is 2.01. The molecule has 18 heavy (non-hydrogen) atoms. The summed E-state index contributed by atoms with van der Waals surface area (Å²) in [6.07, 6.45) is 8.11. The van der Waals surface area contributed by atoms with Crippen LogP contribution < -0.4 is 0 Å². The van der Waals surface area contributed by atoms with Crippen LogP contribution in [0.1, 0.15) is 76.3 Å². The molecule has 0 saturated heterocycles. The molecule has 0 aliphatic carbocycles. The van der Waals surface area contributed by atoms with Gasteiger partial charge in [-0.2, -0.15) is 5.10 Å². The second-order valence-corrected chi connectivity index (χ2v) is 5.10. The van der Waals surface area contributed by atoms with Gasteiger partial charge in [-0.1, -0.05) is 45.4 Å². The molecule has 0 amide bonds. The molecule has 0 aromatic carbocycles. The molecule has 1 rings (SSSR count). The summed E-state index contributed by atoms with van der Waals surface area (Å²) >= 11 is 0. The number of unbranched alkanes of at least 4 members (excludes halogenated alkanes) is 5. The molecule has 0 radical (unpaired) electrons. The molecule has 1 unspecified atom stereocenters. The summed E-state index contributed by atoms with van der Waals surface area (Å²) in [5, 5.41) is 14.6. The van der Waals surface area contributed by atoms with Crippen LogP contribution in [-0.4, -0.2) is 14.9 Å². The molecule has 1 N–H and O–H groups in total. The van der Waals surface area contributed by atoms with E-state index in [-0.39, 0.29) is 6.10 Å². The Labute approximate surface area is 111 Å². The molecule has 3 nitrogen and oxygen atoms in total. The molecule has 0 fully saturated rings. The summed E-state index contributed by atoms with van der Waals surface area (Å²) in [7, 11) is 0. The van der Waals surface area contributed by atoms with E-state index in [0.717, 1.165) is 30.8 Å². The van der Waals surface area contributed by atoms with Gasteiger partial charge >= 0.3 is 0 Å². The van der Waals surface area contributed by atoms with Crippen molar-refractivity contribution in [1.82, 2.24) is 9.78 Å². The minimum absolute atomic E-state index is 0.350. The van der Waals surface area contributed by atoms with E-state index in [1.165, 1.54) is 32.1 Å². The average molecular weight is 252 g/mol. The lowest BCUT2D eigenvalue weighted by Crippen LogP contribution is -2.08. The van der Waals surface area contributed by atoms with E-state index in [0.29, 0.717) is 0 Å². The highest BCUT2D eigenvalue weighted by Crippen LogP contribution is 2.21. The van der Waals surface area contributed by atoms with Crippen LogP contribution in [0, 0.1) is 6.92 Å². The van der Waals surface area contributed by atoms with Gasteiger partial charge in [0.2, 0.25) is 0 Å². The molecule has 1 aromatic heterocycles. The van der Waals surface area contributed by atoms with Crippen LogP contribution in [0.3, 0.4) is 0 Å². The fourth-order valence-electron chi connectivity index (χ4n) is 2.35. The summed E-state index contributed by atoms with van der Waals surface area (Å²) in [5.74, 6) is 0. The third-order valence-electron chi connectivity index (χ3n) is 3.41. The maximum absolute atomic E-state index is 10.2.